The molecule has 0 bridgehead atoms. The third-order valence-corrected chi connectivity index (χ3v) is 6.72. The van der Waals surface area contributed by atoms with Crippen LogP contribution in [0.1, 0.15) is 62.9 Å². The highest BCUT2D eigenvalue weighted by molar-refractivity contribution is 6.51. The summed E-state index contributed by atoms with van der Waals surface area (Å²) in [5.74, 6) is -0.304. The first-order valence-corrected chi connectivity index (χ1v) is 12.8. The average Bonchev–Trinajstić information content (AvgIpc) is 3.13. The van der Waals surface area contributed by atoms with Gasteiger partial charge in [-0.1, -0.05) is 45.0 Å². The lowest BCUT2D eigenvalue weighted by Gasteiger charge is -2.26. The number of Topliss-reactive ketones (excluding diaryl/α,β-unsaturated/α-hetero) is 1. The lowest BCUT2D eigenvalue weighted by atomic mass is 9.84. The molecule has 0 spiro atoms. The zero-order valence-corrected chi connectivity index (χ0v) is 23.0. The topological polar surface area (TPSA) is 76.1 Å². The minimum Gasteiger partial charge on any atom is -0.507 e. The normalized spacial score (nSPS) is 17.3. The summed E-state index contributed by atoms with van der Waals surface area (Å²) in [6.45, 7) is 12.0. The minimum atomic E-state index is -0.825. The van der Waals surface area contributed by atoms with Crippen LogP contribution in [0.2, 0.25) is 0 Å². The first-order valence-electron chi connectivity index (χ1n) is 12.8. The summed E-state index contributed by atoms with van der Waals surface area (Å²) in [6.07, 6.45) is 0.00357. The fourth-order valence-corrected chi connectivity index (χ4v) is 4.65. The Labute approximate surface area is 224 Å². The number of methoxy groups -OCH3 is 1. The van der Waals surface area contributed by atoms with Gasteiger partial charge in [-0.2, -0.15) is 0 Å². The number of ketones is 1. The fourth-order valence-electron chi connectivity index (χ4n) is 4.65. The summed E-state index contributed by atoms with van der Waals surface area (Å²) in [7, 11) is 1.57. The van der Waals surface area contributed by atoms with Gasteiger partial charge in [0.05, 0.1) is 24.8 Å². The second kappa shape index (κ2) is 10.4. The predicted molar refractivity (Wildman–Crippen MR) is 150 cm³/mol. The van der Waals surface area contributed by atoms with E-state index in [4.69, 9.17) is 9.47 Å². The van der Waals surface area contributed by atoms with Crippen LogP contribution in [-0.2, 0) is 15.0 Å². The average molecular weight is 514 g/mol. The molecule has 1 N–H and O–H groups in total. The summed E-state index contributed by atoms with van der Waals surface area (Å²) in [5.41, 5.74) is 3.46. The Balaban J connectivity index is 1.92. The molecule has 6 heteroatoms. The first-order chi connectivity index (χ1) is 17.9. The number of carbonyl (C=O) groups is 2. The molecule has 1 aliphatic heterocycles. The van der Waals surface area contributed by atoms with E-state index in [1.54, 1.807) is 31.4 Å². The van der Waals surface area contributed by atoms with Crippen LogP contribution < -0.4 is 14.4 Å². The van der Waals surface area contributed by atoms with E-state index in [2.05, 4.69) is 20.8 Å². The Kier molecular flexibility index (Phi) is 7.36. The largest absolute Gasteiger partial charge is 0.507 e. The molecule has 1 atom stereocenters. The van der Waals surface area contributed by atoms with Crippen molar-refractivity contribution in [1.82, 2.24) is 0 Å². The first kappa shape index (κ1) is 27.0. The van der Waals surface area contributed by atoms with E-state index in [9.17, 15) is 14.7 Å². The van der Waals surface area contributed by atoms with Crippen molar-refractivity contribution in [3.05, 3.63) is 94.6 Å². The van der Waals surface area contributed by atoms with Crippen molar-refractivity contribution in [2.75, 3.05) is 12.0 Å². The van der Waals surface area contributed by atoms with Crippen molar-refractivity contribution in [2.45, 2.75) is 59.1 Å². The van der Waals surface area contributed by atoms with E-state index in [1.165, 1.54) is 4.90 Å². The Morgan fingerprint density at radius 3 is 2.08 bits per heavy atom. The van der Waals surface area contributed by atoms with Gasteiger partial charge < -0.3 is 14.6 Å². The molecule has 0 radical (unpaired) electrons. The van der Waals surface area contributed by atoms with Crippen LogP contribution in [0.4, 0.5) is 5.69 Å². The maximum absolute atomic E-state index is 13.6. The molecule has 6 nitrogen and oxygen atoms in total. The van der Waals surface area contributed by atoms with Crippen LogP contribution in [0.25, 0.3) is 5.76 Å². The molecule has 0 aromatic heterocycles. The van der Waals surface area contributed by atoms with Crippen LogP contribution in [0, 0.1) is 6.92 Å². The van der Waals surface area contributed by atoms with Gasteiger partial charge in [-0.25, -0.2) is 0 Å². The summed E-state index contributed by atoms with van der Waals surface area (Å²) < 4.78 is 11.1. The van der Waals surface area contributed by atoms with Gasteiger partial charge in [0.2, 0.25) is 0 Å². The van der Waals surface area contributed by atoms with E-state index in [1.807, 2.05) is 63.2 Å². The Morgan fingerprint density at radius 1 is 0.921 bits per heavy atom. The molecular formula is C32H35NO5. The number of hydrogen-bond donors (Lipinski definition) is 1. The highest BCUT2D eigenvalue weighted by Gasteiger charge is 2.47. The molecule has 3 aromatic rings. The van der Waals surface area contributed by atoms with E-state index in [-0.39, 0.29) is 22.9 Å². The number of ether oxygens (including phenoxy) is 2. The van der Waals surface area contributed by atoms with E-state index >= 15 is 0 Å². The number of hydrogen-bond acceptors (Lipinski definition) is 5. The molecule has 1 unspecified atom stereocenters. The number of nitrogens with zero attached hydrogens (tertiary/aromatic N) is 1. The fraction of sp³-hybridized carbons (Fsp3) is 0.312. The summed E-state index contributed by atoms with van der Waals surface area (Å²) in [4.78, 5) is 28.5. The molecule has 198 valence electrons. The number of carbonyl (C=O) groups excluding carboxylic acids is 2. The smallest absolute Gasteiger partial charge is 0.300 e. The molecule has 1 aliphatic rings. The molecule has 1 heterocycles. The van der Waals surface area contributed by atoms with Crippen LogP contribution in [0.5, 0.6) is 11.5 Å². The Hall–Kier alpha value is -4.06. The number of aryl methyl sites for hydroxylation is 1. The molecule has 4 rings (SSSR count). The van der Waals surface area contributed by atoms with Gasteiger partial charge >= 0.3 is 0 Å². The minimum absolute atomic E-state index is 0.00357. The maximum atomic E-state index is 13.6. The maximum Gasteiger partial charge on any atom is 0.300 e. The van der Waals surface area contributed by atoms with Crippen molar-refractivity contribution >= 4 is 23.1 Å². The van der Waals surface area contributed by atoms with E-state index in [0.29, 0.717) is 28.3 Å². The van der Waals surface area contributed by atoms with Gasteiger partial charge in [-0.05, 0) is 85.3 Å². The number of amides is 1. The number of aliphatic hydroxyl groups excluding tert-OH is 1. The van der Waals surface area contributed by atoms with Crippen molar-refractivity contribution in [3.63, 3.8) is 0 Å². The highest BCUT2D eigenvalue weighted by Crippen LogP contribution is 2.43. The zero-order chi connectivity index (χ0) is 27.8. The number of anilines is 1. The molecule has 38 heavy (non-hydrogen) atoms. The molecule has 1 fully saturated rings. The Morgan fingerprint density at radius 2 is 1.53 bits per heavy atom. The van der Waals surface area contributed by atoms with Gasteiger partial charge in [0.1, 0.15) is 17.3 Å². The summed E-state index contributed by atoms with van der Waals surface area (Å²) in [5, 5.41) is 11.7. The van der Waals surface area contributed by atoms with Gasteiger partial charge in [0, 0.05) is 11.3 Å². The molecule has 0 saturated carbocycles. The van der Waals surface area contributed by atoms with Crippen LogP contribution >= 0.6 is 0 Å². The van der Waals surface area contributed by atoms with E-state index < -0.39 is 17.7 Å². The second-order valence-corrected chi connectivity index (χ2v) is 10.9. The number of aliphatic hydroxyl groups is 1. The summed E-state index contributed by atoms with van der Waals surface area (Å²) in [6, 6.07) is 19.3. The van der Waals surface area contributed by atoms with Gasteiger partial charge in [-0.15, -0.1) is 0 Å². The van der Waals surface area contributed by atoms with Crippen LogP contribution in [0.15, 0.2) is 72.3 Å². The molecule has 3 aromatic carbocycles. The van der Waals surface area contributed by atoms with Gasteiger partial charge in [0.25, 0.3) is 11.7 Å². The third kappa shape index (κ3) is 5.17. The molecular weight excluding hydrogens is 478 g/mol. The van der Waals surface area contributed by atoms with Crippen molar-refractivity contribution < 1.29 is 24.2 Å². The highest BCUT2D eigenvalue weighted by atomic mass is 16.5. The van der Waals surface area contributed by atoms with Gasteiger partial charge in [0.15, 0.2) is 0 Å². The third-order valence-electron chi connectivity index (χ3n) is 6.72. The quantitative estimate of drug-likeness (QED) is 0.225. The monoisotopic (exact) mass is 513 g/mol. The SMILES string of the molecule is COc1ccc(N2C(=O)C(=O)/C(=C(/O)c3cc(C(C)(C)C)ccc3C)C2c2ccc(OC(C)C)cc2)cc1. The number of rotatable bonds is 6. The lowest BCUT2D eigenvalue weighted by Crippen LogP contribution is -2.29. The van der Waals surface area contributed by atoms with Crippen molar-refractivity contribution in [1.29, 1.82) is 0 Å². The standard InChI is InChI=1S/C32H35NO5/c1-19(2)38-25-14-9-21(10-15-25)28-27(29(34)26-18-22(32(4,5)6)11-8-20(26)3)30(35)31(36)33(28)23-12-16-24(37-7)17-13-23/h8-19,28,34H,1-7H3/b29-27+. The molecule has 1 saturated heterocycles. The number of benzene rings is 3. The second-order valence-electron chi connectivity index (χ2n) is 10.9. The van der Waals surface area contributed by atoms with Crippen LogP contribution in [-0.4, -0.2) is 30.0 Å². The summed E-state index contributed by atoms with van der Waals surface area (Å²) >= 11 is 0. The lowest BCUT2D eigenvalue weighted by molar-refractivity contribution is -0.132. The van der Waals surface area contributed by atoms with Crippen LogP contribution in [0.3, 0.4) is 0 Å². The van der Waals surface area contributed by atoms with Gasteiger partial charge in [-0.3, -0.25) is 14.5 Å². The molecule has 0 aliphatic carbocycles. The molecule has 1 amide bonds. The predicted octanol–water partition coefficient (Wildman–Crippen LogP) is 6.71. The van der Waals surface area contributed by atoms with E-state index in [0.717, 1.165) is 11.1 Å². The zero-order valence-electron chi connectivity index (χ0n) is 23.0. The Bertz CT molecular complexity index is 1380. The van der Waals surface area contributed by atoms with Crippen molar-refractivity contribution in [2.24, 2.45) is 0 Å². The van der Waals surface area contributed by atoms with Crippen molar-refractivity contribution in [3.8, 4) is 11.5 Å².